The van der Waals surface area contributed by atoms with Crippen molar-refractivity contribution in [2.75, 3.05) is 0 Å². The standard InChI is InChI=1S/C18H20FN3O4/c19-16-10-8-22(12-5-7-15(23)21-17(12)24)18(25)9(10)4-6-14(16)26-13-3-1-2-11(13)20/h4,6,11-13H,1-3,5,7-8,20H2,(H,21,23,24)/t11-,12?,13+/m1/s1. The molecule has 7 nitrogen and oxygen atoms in total. The molecule has 1 saturated heterocycles. The summed E-state index contributed by atoms with van der Waals surface area (Å²) in [5, 5.41) is 2.23. The first kappa shape index (κ1) is 17.0. The molecule has 1 aliphatic carbocycles. The molecule has 3 amide bonds. The number of nitrogens with two attached hydrogens (primary N) is 1. The average molecular weight is 361 g/mol. The molecule has 1 saturated carbocycles. The molecule has 1 aromatic carbocycles. The molecular weight excluding hydrogens is 341 g/mol. The van der Waals surface area contributed by atoms with Crippen LogP contribution < -0.4 is 15.8 Å². The van der Waals surface area contributed by atoms with Crippen molar-refractivity contribution in [3.05, 3.63) is 29.1 Å². The SMILES string of the molecule is N[C@@H]1CCC[C@@H]1Oc1ccc2c(c1F)CN(C1CCC(=O)NC1=O)C2=O. The largest absolute Gasteiger partial charge is 0.486 e. The summed E-state index contributed by atoms with van der Waals surface area (Å²) in [6.45, 7) is -0.0137. The third-order valence-electron chi connectivity index (χ3n) is 5.40. The minimum atomic E-state index is -0.764. The first-order chi connectivity index (χ1) is 12.5. The van der Waals surface area contributed by atoms with Gasteiger partial charge in [-0.2, -0.15) is 0 Å². The predicted molar refractivity (Wildman–Crippen MR) is 88.7 cm³/mol. The maximum Gasteiger partial charge on any atom is 0.255 e. The molecule has 0 bridgehead atoms. The minimum absolute atomic E-state index is 0.0137. The van der Waals surface area contributed by atoms with Gasteiger partial charge in [0.05, 0.1) is 6.54 Å². The summed E-state index contributed by atoms with van der Waals surface area (Å²) in [7, 11) is 0. The zero-order valence-electron chi connectivity index (χ0n) is 14.2. The van der Waals surface area contributed by atoms with Crippen LogP contribution in [0.15, 0.2) is 12.1 Å². The molecule has 1 unspecified atom stereocenters. The van der Waals surface area contributed by atoms with Gasteiger partial charge in [0, 0.05) is 23.6 Å². The fraction of sp³-hybridized carbons (Fsp3) is 0.500. The van der Waals surface area contributed by atoms with Crippen molar-refractivity contribution in [2.45, 2.75) is 56.8 Å². The Morgan fingerprint density at radius 3 is 2.69 bits per heavy atom. The Morgan fingerprint density at radius 2 is 2.00 bits per heavy atom. The quantitative estimate of drug-likeness (QED) is 0.777. The van der Waals surface area contributed by atoms with Crippen LogP contribution in [0, 0.1) is 5.82 Å². The molecule has 138 valence electrons. The van der Waals surface area contributed by atoms with Crippen LogP contribution in [0.5, 0.6) is 5.75 Å². The van der Waals surface area contributed by atoms with Crippen molar-refractivity contribution in [3.8, 4) is 5.75 Å². The summed E-state index contributed by atoms with van der Waals surface area (Å²) in [5.74, 6) is -1.77. The molecular formula is C18H20FN3O4. The summed E-state index contributed by atoms with van der Waals surface area (Å²) in [6, 6.07) is 2.09. The molecule has 8 heteroatoms. The van der Waals surface area contributed by atoms with Gasteiger partial charge in [0.1, 0.15) is 12.1 Å². The molecule has 2 heterocycles. The van der Waals surface area contributed by atoms with Crippen molar-refractivity contribution in [2.24, 2.45) is 5.73 Å². The van der Waals surface area contributed by atoms with E-state index in [1.54, 1.807) is 0 Å². The van der Waals surface area contributed by atoms with Crippen molar-refractivity contribution in [1.82, 2.24) is 10.2 Å². The lowest BCUT2D eigenvalue weighted by Crippen LogP contribution is -2.52. The van der Waals surface area contributed by atoms with E-state index in [9.17, 15) is 18.8 Å². The smallest absolute Gasteiger partial charge is 0.255 e. The Morgan fingerprint density at radius 1 is 1.19 bits per heavy atom. The first-order valence-electron chi connectivity index (χ1n) is 8.84. The highest BCUT2D eigenvalue weighted by Crippen LogP contribution is 2.34. The third kappa shape index (κ3) is 2.74. The summed E-state index contributed by atoms with van der Waals surface area (Å²) in [6.07, 6.45) is 2.74. The van der Waals surface area contributed by atoms with Gasteiger partial charge in [-0.05, 0) is 37.8 Å². The van der Waals surface area contributed by atoms with Gasteiger partial charge in [-0.3, -0.25) is 19.7 Å². The van der Waals surface area contributed by atoms with Crippen LogP contribution in [0.4, 0.5) is 4.39 Å². The summed E-state index contributed by atoms with van der Waals surface area (Å²) >= 11 is 0. The second kappa shape index (κ2) is 6.35. The number of rotatable bonds is 3. The highest BCUT2D eigenvalue weighted by molar-refractivity contribution is 6.05. The van der Waals surface area contributed by atoms with E-state index >= 15 is 0 Å². The lowest BCUT2D eigenvalue weighted by Gasteiger charge is -2.29. The number of hydrogen-bond acceptors (Lipinski definition) is 5. The summed E-state index contributed by atoms with van der Waals surface area (Å²) < 4.78 is 20.7. The zero-order chi connectivity index (χ0) is 18.4. The molecule has 2 aliphatic heterocycles. The molecule has 3 atom stereocenters. The molecule has 4 rings (SSSR count). The molecule has 0 spiro atoms. The van der Waals surface area contributed by atoms with Gasteiger partial charge in [-0.25, -0.2) is 4.39 Å². The van der Waals surface area contributed by atoms with Gasteiger partial charge in [0.2, 0.25) is 11.8 Å². The number of carbonyl (C=O) groups is 3. The van der Waals surface area contributed by atoms with Gasteiger partial charge in [0.15, 0.2) is 11.6 Å². The molecule has 1 aromatic rings. The number of fused-ring (bicyclic) bond motifs is 1. The highest BCUT2D eigenvalue weighted by atomic mass is 19.1. The maximum absolute atomic E-state index is 14.9. The number of carbonyl (C=O) groups excluding carboxylic acids is 3. The number of halogens is 1. The van der Waals surface area contributed by atoms with E-state index in [-0.39, 0.29) is 54.3 Å². The second-order valence-corrected chi connectivity index (χ2v) is 7.05. The van der Waals surface area contributed by atoms with Gasteiger partial charge in [-0.15, -0.1) is 0 Å². The van der Waals surface area contributed by atoms with Gasteiger partial charge >= 0.3 is 0 Å². The van der Waals surface area contributed by atoms with Gasteiger partial charge in [0.25, 0.3) is 5.91 Å². The fourth-order valence-electron chi connectivity index (χ4n) is 3.94. The Balaban J connectivity index is 1.57. The number of hydrogen-bond donors (Lipinski definition) is 2. The van der Waals surface area contributed by atoms with Crippen LogP contribution >= 0.6 is 0 Å². The number of piperidine rings is 1. The topological polar surface area (TPSA) is 102 Å². The van der Waals surface area contributed by atoms with Crippen LogP contribution in [-0.2, 0) is 16.1 Å². The van der Waals surface area contributed by atoms with Crippen molar-refractivity contribution in [1.29, 1.82) is 0 Å². The maximum atomic E-state index is 14.9. The summed E-state index contributed by atoms with van der Waals surface area (Å²) in [5.41, 5.74) is 6.43. The monoisotopic (exact) mass is 361 g/mol. The van der Waals surface area contributed by atoms with Crippen LogP contribution in [0.2, 0.25) is 0 Å². The van der Waals surface area contributed by atoms with Crippen LogP contribution in [-0.4, -0.2) is 40.8 Å². The lowest BCUT2D eigenvalue weighted by molar-refractivity contribution is -0.136. The van der Waals surface area contributed by atoms with E-state index in [0.29, 0.717) is 0 Å². The Hall–Kier alpha value is -2.48. The number of imide groups is 1. The molecule has 3 aliphatic rings. The van der Waals surface area contributed by atoms with E-state index in [0.717, 1.165) is 19.3 Å². The fourth-order valence-corrected chi connectivity index (χ4v) is 3.94. The van der Waals surface area contributed by atoms with Crippen molar-refractivity contribution < 1.29 is 23.5 Å². The lowest BCUT2D eigenvalue weighted by atomic mass is 10.0. The Labute approximate surface area is 149 Å². The number of ether oxygens (including phenoxy) is 1. The molecule has 0 aromatic heterocycles. The molecule has 26 heavy (non-hydrogen) atoms. The van der Waals surface area contributed by atoms with E-state index in [4.69, 9.17) is 10.5 Å². The minimum Gasteiger partial charge on any atom is -0.486 e. The summed E-state index contributed by atoms with van der Waals surface area (Å²) in [4.78, 5) is 37.3. The average Bonchev–Trinajstić information content (AvgIpc) is 3.15. The first-order valence-corrected chi connectivity index (χ1v) is 8.84. The van der Waals surface area contributed by atoms with Gasteiger partial charge < -0.3 is 15.4 Å². The van der Waals surface area contributed by atoms with E-state index in [1.807, 2.05) is 0 Å². The van der Waals surface area contributed by atoms with Crippen LogP contribution in [0.1, 0.15) is 48.0 Å². The molecule has 2 fully saturated rings. The third-order valence-corrected chi connectivity index (χ3v) is 5.40. The van der Waals surface area contributed by atoms with E-state index < -0.39 is 23.7 Å². The number of benzene rings is 1. The number of nitrogens with zero attached hydrogens (tertiary/aromatic N) is 1. The predicted octanol–water partition coefficient (Wildman–Crippen LogP) is 0.845. The zero-order valence-corrected chi connectivity index (χ0v) is 14.2. The number of amides is 3. The van der Waals surface area contributed by atoms with Crippen LogP contribution in [0.25, 0.3) is 0 Å². The highest BCUT2D eigenvalue weighted by Gasteiger charge is 2.41. The Bertz CT molecular complexity index is 797. The van der Waals surface area contributed by atoms with Crippen molar-refractivity contribution in [3.63, 3.8) is 0 Å². The second-order valence-electron chi connectivity index (χ2n) is 7.05. The normalized spacial score (nSPS) is 28.3. The molecule has 0 radical (unpaired) electrons. The Kier molecular flexibility index (Phi) is 4.14. The van der Waals surface area contributed by atoms with Gasteiger partial charge in [-0.1, -0.05) is 0 Å². The van der Waals surface area contributed by atoms with E-state index in [1.165, 1.54) is 17.0 Å². The van der Waals surface area contributed by atoms with E-state index in [2.05, 4.69) is 5.32 Å². The molecule has 3 N–H and O–H groups in total. The van der Waals surface area contributed by atoms with Crippen molar-refractivity contribution >= 4 is 17.7 Å². The van der Waals surface area contributed by atoms with Crippen LogP contribution in [0.3, 0.4) is 0 Å². The number of nitrogens with one attached hydrogen (secondary N) is 1.